The van der Waals surface area contributed by atoms with Gasteiger partial charge in [-0.25, -0.2) is 9.97 Å². The van der Waals surface area contributed by atoms with E-state index >= 15 is 0 Å². The Morgan fingerprint density at radius 3 is 2.65 bits per heavy atom. The van der Waals surface area contributed by atoms with Crippen LogP contribution in [0.3, 0.4) is 0 Å². The molecule has 0 radical (unpaired) electrons. The van der Waals surface area contributed by atoms with Crippen molar-refractivity contribution in [2.24, 2.45) is 0 Å². The summed E-state index contributed by atoms with van der Waals surface area (Å²) in [5.41, 5.74) is 1.14. The lowest BCUT2D eigenvalue weighted by molar-refractivity contribution is 0.782. The molecule has 0 amide bonds. The molecule has 3 nitrogen and oxygen atoms in total. The van der Waals surface area contributed by atoms with Crippen LogP contribution in [0, 0.1) is 0 Å². The second-order valence-electron chi connectivity index (χ2n) is 4.84. The second kappa shape index (κ2) is 7.90. The van der Waals surface area contributed by atoms with Crippen molar-refractivity contribution in [2.75, 3.05) is 23.4 Å². The summed E-state index contributed by atoms with van der Waals surface area (Å²) >= 11 is 7.68. The number of thioether (sulfide) groups is 2. The summed E-state index contributed by atoms with van der Waals surface area (Å²) in [5.74, 6) is 4.38. The zero-order valence-corrected chi connectivity index (χ0v) is 15.5. The monoisotopic (exact) mass is 375 g/mol. The third-order valence-electron chi connectivity index (χ3n) is 3.21. The predicted molar refractivity (Wildman–Crippen MR) is 95.0 cm³/mol. The van der Waals surface area contributed by atoms with Gasteiger partial charge in [0.2, 0.25) is 0 Å². The molecular weight excluding hydrogens is 354 g/mol. The fourth-order valence-electron chi connectivity index (χ4n) is 2.24. The van der Waals surface area contributed by atoms with Gasteiger partial charge >= 0.3 is 0 Å². The molecule has 0 saturated carbocycles. The van der Waals surface area contributed by atoms with E-state index in [1.165, 1.54) is 11.5 Å². The van der Waals surface area contributed by atoms with Gasteiger partial charge in [0, 0.05) is 23.3 Å². The minimum atomic E-state index is 0.412. The maximum atomic E-state index is 4.85. The van der Waals surface area contributed by atoms with Gasteiger partial charge in [0.05, 0.1) is 15.4 Å². The van der Waals surface area contributed by atoms with Crippen LogP contribution < -0.4 is 5.32 Å². The minimum absolute atomic E-state index is 0.412. The summed E-state index contributed by atoms with van der Waals surface area (Å²) in [7, 11) is 0. The molecule has 2 unspecified atom stereocenters. The highest BCUT2D eigenvalue weighted by molar-refractivity contribution is 9.10. The van der Waals surface area contributed by atoms with E-state index < -0.39 is 0 Å². The fraction of sp³-hybridized carbons (Fsp3) is 0.714. The van der Waals surface area contributed by atoms with Crippen LogP contribution in [0.1, 0.15) is 44.0 Å². The first kappa shape index (κ1) is 16.4. The fourth-order valence-corrected chi connectivity index (χ4v) is 5.45. The molecule has 0 aliphatic carbocycles. The maximum Gasteiger partial charge on any atom is 0.145 e. The van der Waals surface area contributed by atoms with Crippen molar-refractivity contribution in [3.8, 4) is 0 Å². The van der Waals surface area contributed by atoms with Crippen LogP contribution in [0.5, 0.6) is 0 Å². The smallest absolute Gasteiger partial charge is 0.145 e. The molecule has 1 aromatic rings. The average Bonchev–Trinajstić information content (AvgIpc) is 2.44. The number of hydrogen-bond acceptors (Lipinski definition) is 5. The number of nitrogens with zero attached hydrogens (tertiary/aromatic N) is 2. The number of anilines is 1. The molecule has 0 spiro atoms. The van der Waals surface area contributed by atoms with Crippen LogP contribution in [-0.4, -0.2) is 33.3 Å². The third-order valence-corrected chi connectivity index (χ3v) is 7.13. The van der Waals surface area contributed by atoms with E-state index in [1.54, 1.807) is 0 Å². The van der Waals surface area contributed by atoms with Gasteiger partial charge in [-0.2, -0.15) is 11.8 Å². The summed E-state index contributed by atoms with van der Waals surface area (Å²) in [4.78, 5) is 9.62. The van der Waals surface area contributed by atoms with Crippen LogP contribution in [0.2, 0.25) is 0 Å². The predicted octanol–water partition coefficient (Wildman–Crippen LogP) is 4.53. The third kappa shape index (κ3) is 3.83. The Labute approximate surface area is 138 Å². The summed E-state index contributed by atoms with van der Waals surface area (Å²) in [6.07, 6.45) is 2.09. The standard InChI is InChI=1S/C14H22BrN3S2/c1-4-6-10-11(15)13(16-5-2)18-14(17-10)12-9(3)19-7-8-20-12/h9,12H,4-8H2,1-3H3,(H,16,17,18). The number of aromatic nitrogens is 2. The Bertz CT molecular complexity index is 429. The van der Waals surface area contributed by atoms with Crippen molar-refractivity contribution in [3.63, 3.8) is 0 Å². The summed E-state index contributed by atoms with van der Waals surface area (Å²) in [6.45, 7) is 7.46. The molecule has 2 atom stereocenters. The molecule has 2 heterocycles. The first-order valence-corrected chi connectivity index (χ1v) is 10.1. The van der Waals surface area contributed by atoms with Gasteiger partial charge in [0.15, 0.2) is 0 Å². The number of rotatable bonds is 5. The molecule has 1 fully saturated rings. The maximum absolute atomic E-state index is 4.85. The van der Waals surface area contributed by atoms with Crippen LogP contribution >= 0.6 is 39.5 Å². The van der Waals surface area contributed by atoms with E-state index in [9.17, 15) is 0 Å². The lowest BCUT2D eigenvalue weighted by Gasteiger charge is -2.27. The molecule has 0 bridgehead atoms. The normalized spacial score (nSPS) is 22.8. The van der Waals surface area contributed by atoms with Crippen molar-refractivity contribution < 1.29 is 0 Å². The van der Waals surface area contributed by atoms with Crippen molar-refractivity contribution in [3.05, 3.63) is 16.0 Å². The molecule has 112 valence electrons. The SMILES string of the molecule is CCCc1nc(C2SCCSC2C)nc(NCC)c1Br. The van der Waals surface area contributed by atoms with Gasteiger partial charge in [-0.05, 0) is 29.3 Å². The van der Waals surface area contributed by atoms with Gasteiger partial charge in [0.1, 0.15) is 11.6 Å². The zero-order chi connectivity index (χ0) is 14.5. The molecular formula is C14H22BrN3S2. The van der Waals surface area contributed by atoms with Gasteiger partial charge in [0.25, 0.3) is 0 Å². The van der Waals surface area contributed by atoms with Gasteiger partial charge in [-0.1, -0.05) is 20.3 Å². The topological polar surface area (TPSA) is 37.8 Å². The first-order valence-electron chi connectivity index (χ1n) is 7.20. The summed E-state index contributed by atoms with van der Waals surface area (Å²) in [6, 6.07) is 0. The van der Waals surface area contributed by atoms with Crippen molar-refractivity contribution in [1.29, 1.82) is 0 Å². The van der Waals surface area contributed by atoms with E-state index in [4.69, 9.17) is 9.97 Å². The molecule has 0 aromatic carbocycles. The molecule has 1 aliphatic heterocycles. The second-order valence-corrected chi connectivity index (χ2v) is 8.37. The highest BCUT2D eigenvalue weighted by atomic mass is 79.9. The molecule has 1 N–H and O–H groups in total. The largest absolute Gasteiger partial charge is 0.369 e. The quantitative estimate of drug-likeness (QED) is 0.817. The van der Waals surface area contributed by atoms with Gasteiger partial charge in [-0.15, -0.1) is 11.8 Å². The molecule has 6 heteroatoms. The van der Waals surface area contributed by atoms with Crippen LogP contribution in [0.15, 0.2) is 4.47 Å². The van der Waals surface area contributed by atoms with Crippen LogP contribution in [0.25, 0.3) is 0 Å². The van der Waals surface area contributed by atoms with Crippen LogP contribution in [-0.2, 0) is 6.42 Å². The van der Waals surface area contributed by atoms with Crippen molar-refractivity contribution in [1.82, 2.24) is 9.97 Å². The Hall–Kier alpha value is 0.0600. The minimum Gasteiger partial charge on any atom is -0.369 e. The van der Waals surface area contributed by atoms with Crippen molar-refractivity contribution >= 4 is 45.3 Å². The van der Waals surface area contributed by atoms with E-state index in [2.05, 4.69) is 42.0 Å². The van der Waals surface area contributed by atoms with E-state index in [1.807, 2.05) is 23.5 Å². The molecule has 20 heavy (non-hydrogen) atoms. The Kier molecular flexibility index (Phi) is 6.49. The Morgan fingerprint density at radius 2 is 2.00 bits per heavy atom. The number of halogens is 1. The van der Waals surface area contributed by atoms with Crippen LogP contribution in [0.4, 0.5) is 5.82 Å². The number of hydrogen-bond donors (Lipinski definition) is 1. The van der Waals surface area contributed by atoms with Gasteiger partial charge in [-0.3, -0.25) is 0 Å². The number of aryl methyl sites for hydroxylation is 1. The molecule has 1 aliphatic rings. The highest BCUT2D eigenvalue weighted by Gasteiger charge is 2.28. The first-order chi connectivity index (χ1) is 9.67. The summed E-state index contributed by atoms with van der Waals surface area (Å²) in [5, 5.41) is 4.35. The van der Waals surface area contributed by atoms with E-state index in [0.29, 0.717) is 10.5 Å². The van der Waals surface area contributed by atoms with Gasteiger partial charge < -0.3 is 5.32 Å². The lowest BCUT2D eigenvalue weighted by atomic mass is 10.2. The summed E-state index contributed by atoms with van der Waals surface area (Å²) < 4.78 is 1.03. The Balaban J connectivity index is 2.36. The molecule has 1 saturated heterocycles. The molecule has 2 rings (SSSR count). The average molecular weight is 376 g/mol. The lowest BCUT2D eigenvalue weighted by Crippen LogP contribution is -2.20. The van der Waals surface area contributed by atoms with Crippen molar-refractivity contribution in [2.45, 2.75) is 44.1 Å². The highest BCUT2D eigenvalue weighted by Crippen LogP contribution is 2.42. The zero-order valence-electron chi connectivity index (χ0n) is 12.3. The number of nitrogens with one attached hydrogen (secondary N) is 1. The van der Waals surface area contributed by atoms with E-state index in [-0.39, 0.29) is 0 Å². The Morgan fingerprint density at radius 1 is 1.25 bits per heavy atom. The van der Waals surface area contributed by atoms with E-state index in [0.717, 1.165) is 41.2 Å². The molecule has 1 aromatic heterocycles.